The highest BCUT2D eigenvalue weighted by molar-refractivity contribution is 7.23. The van der Waals surface area contributed by atoms with Crippen LogP contribution in [0.3, 0.4) is 0 Å². The molecule has 0 fully saturated rings. The lowest BCUT2D eigenvalue weighted by atomic mass is 10.1. The summed E-state index contributed by atoms with van der Waals surface area (Å²) in [5.74, 6) is -0.0912. The van der Waals surface area contributed by atoms with E-state index in [-0.39, 0.29) is 5.91 Å². The second-order valence-electron chi connectivity index (χ2n) is 7.35. The van der Waals surface area contributed by atoms with Gasteiger partial charge in [-0.3, -0.25) is 9.69 Å². The first-order chi connectivity index (χ1) is 13.9. The average molecular weight is 444 g/mol. The molecule has 2 aromatic carbocycles. The van der Waals surface area contributed by atoms with Crippen molar-refractivity contribution in [2.24, 2.45) is 0 Å². The molecule has 0 radical (unpaired) electrons. The molecule has 0 aliphatic carbocycles. The fourth-order valence-electron chi connectivity index (χ4n) is 3.19. The van der Waals surface area contributed by atoms with Gasteiger partial charge in [0.1, 0.15) is 4.88 Å². The summed E-state index contributed by atoms with van der Waals surface area (Å²) in [6.07, 6.45) is 0. The third kappa shape index (κ3) is 3.78. The number of hydrogen-bond acceptors (Lipinski definition) is 5. The van der Waals surface area contributed by atoms with Gasteiger partial charge in [0.05, 0.1) is 15.2 Å². The van der Waals surface area contributed by atoms with Gasteiger partial charge in [-0.1, -0.05) is 47.2 Å². The van der Waals surface area contributed by atoms with E-state index < -0.39 is 0 Å². The van der Waals surface area contributed by atoms with Gasteiger partial charge in [-0.25, -0.2) is 4.98 Å². The molecule has 4 nitrogen and oxygen atoms in total. The van der Waals surface area contributed by atoms with Crippen molar-refractivity contribution in [3.8, 4) is 0 Å². The van der Waals surface area contributed by atoms with Crippen molar-refractivity contribution in [1.29, 1.82) is 0 Å². The number of amides is 1. The Bertz CT molecular complexity index is 1210. The molecule has 0 aliphatic heterocycles. The number of rotatable bonds is 5. The number of halogens is 1. The second kappa shape index (κ2) is 8.03. The molecule has 150 valence electrons. The van der Waals surface area contributed by atoms with E-state index >= 15 is 0 Å². The molecule has 0 atom stereocenters. The maximum atomic E-state index is 13.6. The monoisotopic (exact) mass is 443 g/mol. The Labute approximate surface area is 183 Å². The molecule has 1 amide bonds. The van der Waals surface area contributed by atoms with E-state index in [1.54, 1.807) is 16.2 Å². The fourth-order valence-corrected chi connectivity index (χ4v) is 5.70. The van der Waals surface area contributed by atoms with Gasteiger partial charge in [-0.2, -0.15) is 0 Å². The summed E-state index contributed by atoms with van der Waals surface area (Å²) in [4.78, 5) is 22.8. The minimum absolute atomic E-state index is 0.0912. The van der Waals surface area contributed by atoms with E-state index in [0.717, 1.165) is 32.4 Å². The van der Waals surface area contributed by atoms with Crippen LogP contribution in [-0.4, -0.2) is 43.0 Å². The van der Waals surface area contributed by atoms with Crippen LogP contribution in [-0.2, 0) is 0 Å². The molecular weight excluding hydrogens is 422 g/mol. The Morgan fingerprint density at radius 1 is 1.03 bits per heavy atom. The minimum Gasteiger partial charge on any atom is -0.308 e. The molecule has 2 aromatic heterocycles. The number of carbonyl (C=O) groups excluding carboxylic acids is 1. The Morgan fingerprint density at radius 2 is 1.79 bits per heavy atom. The van der Waals surface area contributed by atoms with Crippen LogP contribution in [0.2, 0.25) is 5.02 Å². The lowest BCUT2D eigenvalue weighted by molar-refractivity contribution is 0.0989. The second-order valence-corrected chi connectivity index (χ2v) is 9.79. The molecule has 7 heteroatoms. The third-order valence-electron chi connectivity index (χ3n) is 5.05. The maximum absolute atomic E-state index is 13.6. The van der Waals surface area contributed by atoms with E-state index in [0.29, 0.717) is 21.6 Å². The van der Waals surface area contributed by atoms with Crippen molar-refractivity contribution in [3.63, 3.8) is 0 Å². The minimum atomic E-state index is -0.0912. The number of anilines is 1. The van der Waals surface area contributed by atoms with E-state index in [9.17, 15) is 4.79 Å². The summed E-state index contributed by atoms with van der Waals surface area (Å²) in [5, 5.41) is 2.17. The van der Waals surface area contributed by atoms with Crippen LogP contribution < -0.4 is 4.90 Å². The molecule has 0 spiro atoms. The van der Waals surface area contributed by atoms with Crippen molar-refractivity contribution >= 4 is 65.6 Å². The first-order valence-electron chi connectivity index (χ1n) is 9.37. The number of thiazole rings is 1. The lowest BCUT2D eigenvalue weighted by Gasteiger charge is -2.21. The standard InChI is InChI=1S/C22H22ClN3OS2/c1-13-9-10-17-19(14(13)2)24-22(29-17)26(12-11-25(3)4)21(27)20-18(23)15-7-5-6-8-16(15)28-20/h5-10H,11-12H2,1-4H3. The number of likely N-dealkylation sites (N-methyl/N-ethyl adjacent to an activating group) is 1. The summed E-state index contributed by atoms with van der Waals surface area (Å²) in [6, 6.07) is 12.0. The van der Waals surface area contributed by atoms with Gasteiger partial charge in [-0.05, 0) is 51.2 Å². The number of aryl methyl sites for hydroxylation is 2. The number of benzene rings is 2. The van der Waals surface area contributed by atoms with Crippen molar-refractivity contribution in [1.82, 2.24) is 9.88 Å². The van der Waals surface area contributed by atoms with Crippen LogP contribution in [0.15, 0.2) is 36.4 Å². The quantitative estimate of drug-likeness (QED) is 0.380. The van der Waals surface area contributed by atoms with Crippen molar-refractivity contribution in [2.75, 3.05) is 32.1 Å². The first-order valence-corrected chi connectivity index (χ1v) is 11.4. The van der Waals surface area contributed by atoms with Gasteiger partial charge in [0.25, 0.3) is 5.91 Å². The molecule has 0 aliphatic rings. The zero-order valence-electron chi connectivity index (χ0n) is 16.8. The van der Waals surface area contributed by atoms with Gasteiger partial charge in [0.2, 0.25) is 0 Å². The third-order valence-corrected chi connectivity index (χ3v) is 7.76. The molecular formula is C22H22ClN3OS2. The summed E-state index contributed by atoms with van der Waals surface area (Å²) in [5.41, 5.74) is 3.33. The SMILES string of the molecule is Cc1ccc2sc(N(CCN(C)C)C(=O)c3sc4ccccc4c3Cl)nc2c1C. The number of nitrogens with zero attached hydrogens (tertiary/aromatic N) is 3. The number of thiophene rings is 1. The van der Waals surface area contributed by atoms with Crippen LogP contribution >= 0.6 is 34.3 Å². The predicted octanol–water partition coefficient (Wildman–Crippen LogP) is 5.99. The van der Waals surface area contributed by atoms with E-state index in [4.69, 9.17) is 16.6 Å². The summed E-state index contributed by atoms with van der Waals surface area (Å²) < 4.78 is 2.11. The molecule has 0 saturated carbocycles. The van der Waals surface area contributed by atoms with Crippen LogP contribution in [0.4, 0.5) is 5.13 Å². The average Bonchev–Trinajstić information content (AvgIpc) is 3.27. The van der Waals surface area contributed by atoms with Gasteiger partial charge in [0.15, 0.2) is 5.13 Å². The van der Waals surface area contributed by atoms with Crippen molar-refractivity contribution in [3.05, 3.63) is 57.4 Å². The smallest absolute Gasteiger partial charge is 0.271 e. The molecule has 4 aromatic rings. The highest BCUT2D eigenvalue weighted by atomic mass is 35.5. The molecule has 0 saturated heterocycles. The van der Waals surface area contributed by atoms with E-state index in [1.807, 2.05) is 38.4 Å². The Morgan fingerprint density at radius 3 is 2.52 bits per heavy atom. The first kappa shape index (κ1) is 20.3. The highest BCUT2D eigenvalue weighted by Crippen LogP contribution is 2.38. The summed E-state index contributed by atoms with van der Waals surface area (Å²) in [7, 11) is 4.00. The van der Waals surface area contributed by atoms with Crippen LogP contribution in [0, 0.1) is 13.8 Å². The molecule has 2 heterocycles. The number of carbonyl (C=O) groups is 1. The van der Waals surface area contributed by atoms with Gasteiger partial charge >= 0.3 is 0 Å². The molecule has 29 heavy (non-hydrogen) atoms. The number of fused-ring (bicyclic) bond motifs is 2. The molecule has 0 unspecified atom stereocenters. The Balaban J connectivity index is 1.80. The van der Waals surface area contributed by atoms with E-state index in [2.05, 4.69) is 30.9 Å². The van der Waals surface area contributed by atoms with Gasteiger partial charge < -0.3 is 4.90 Å². The van der Waals surface area contributed by atoms with Crippen LogP contribution in [0.1, 0.15) is 20.8 Å². The van der Waals surface area contributed by atoms with Gasteiger partial charge in [-0.15, -0.1) is 11.3 Å². The topological polar surface area (TPSA) is 36.4 Å². The number of hydrogen-bond donors (Lipinski definition) is 0. The van der Waals surface area contributed by atoms with Crippen LogP contribution in [0.25, 0.3) is 20.3 Å². The molecule has 4 rings (SSSR count). The van der Waals surface area contributed by atoms with Crippen molar-refractivity contribution < 1.29 is 4.79 Å². The Hall–Kier alpha value is -1.99. The summed E-state index contributed by atoms with van der Waals surface area (Å²) in [6.45, 7) is 5.45. The van der Waals surface area contributed by atoms with Crippen LogP contribution in [0.5, 0.6) is 0 Å². The normalized spacial score (nSPS) is 11.7. The molecule has 0 bridgehead atoms. The maximum Gasteiger partial charge on any atom is 0.271 e. The Kier molecular flexibility index (Phi) is 5.62. The lowest BCUT2D eigenvalue weighted by Crippen LogP contribution is -2.36. The fraction of sp³-hybridized carbons (Fsp3) is 0.273. The largest absolute Gasteiger partial charge is 0.308 e. The zero-order chi connectivity index (χ0) is 20.7. The van der Waals surface area contributed by atoms with Gasteiger partial charge in [0, 0.05) is 23.2 Å². The number of aromatic nitrogens is 1. The zero-order valence-corrected chi connectivity index (χ0v) is 19.2. The van der Waals surface area contributed by atoms with Crippen molar-refractivity contribution in [2.45, 2.75) is 13.8 Å². The predicted molar refractivity (Wildman–Crippen MR) is 126 cm³/mol. The highest BCUT2D eigenvalue weighted by Gasteiger charge is 2.26. The molecule has 0 N–H and O–H groups in total. The van der Waals surface area contributed by atoms with E-state index in [1.165, 1.54) is 16.9 Å². The summed E-state index contributed by atoms with van der Waals surface area (Å²) >= 11 is 9.60.